The highest BCUT2D eigenvalue weighted by molar-refractivity contribution is 9.10. The normalized spacial score (nSPS) is 20.3. The van der Waals surface area contributed by atoms with Gasteiger partial charge in [-0.05, 0) is 43.0 Å². The van der Waals surface area contributed by atoms with Crippen LogP contribution in [0.4, 0.5) is 0 Å². The van der Waals surface area contributed by atoms with Crippen molar-refractivity contribution in [2.24, 2.45) is 5.92 Å². The molecule has 1 saturated carbocycles. The van der Waals surface area contributed by atoms with E-state index in [1.165, 1.54) is 25.7 Å². The molecule has 1 aromatic heterocycles. The second-order valence-corrected chi connectivity index (χ2v) is 11.5. The van der Waals surface area contributed by atoms with Crippen molar-refractivity contribution in [3.63, 3.8) is 0 Å². The zero-order valence-corrected chi connectivity index (χ0v) is 18.4. The van der Waals surface area contributed by atoms with E-state index in [0.29, 0.717) is 23.9 Å². The lowest BCUT2D eigenvalue weighted by Gasteiger charge is -2.30. The lowest BCUT2D eigenvalue weighted by molar-refractivity contribution is 0.318. The molecule has 0 N–H and O–H groups in total. The molecular formula is C19H24BrN3O2S2. The number of nitrogens with zero attached hydrogens (tertiary/aromatic N) is 3. The number of benzene rings is 1. The molecule has 2 aromatic rings. The summed E-state index contributed by atoms with van der Waals surface area (Å²) in [7, 11) is -3.42. The maximum atomic E-state index is 12.8. The van der Waals surface area contributed by atoms with Gasteiger partial charge in [0.2, 0.25) is 10.0 Å². The van der Waals surface area contributed by atoms with Crippen molar-refractivity contribution in [1.29, 1.82) is 0 Å². The van der Waals surface area contributed by atoms with E-state index in [2.05, 4.69) is 26.1 Å². The first-order valence-electron chi connectivity index (χ1n) is 9.60. The number of sulfonamides is 1. The molecule has 4 rings (SSSR count). The highest BCUT2D eigenvalue weighted by atomic mass is 79.9. The number of hydrogen-bond acceptors (Lipinski definition) is 5. The van der Waals surface area contributed by atoms with Crippen molar-refractivity contribution in [3.8, 4) is 0 Å². The van der Waals surface area contributed by atoms with Crippen LogP contribution in [0.2, 0.25) is 0 Å². The molecule has 2 fully saturated rings. The molecule has 1 aliphatic carbocycles. The van der Waals surface area contributed by atoms with Crippen LogP contribution in [-0.4, -0.2) is 36.0 Å². The van der Waals surface area contributed by atoms with E-state index in [9.17, 15) is 8.42 Å². The SMILES string of the molecule is O=S(=O)(c1ccc(Br)cc1)N1CCC(c2nnc(CC3CCCC3)s2)CC1. The number of piperidine rings is 1. The molecule has 1 aliphatic heterocycles. The summed E-state index contributed by atoms with van der Waals surface area (Å²) in [6.07, 6.45) is 8.03. The first-order chi connectivity index (χ1) is 13.0. The summed E-state index contributed by atoms with van der Waals surface area (Å²) in [5, 5.41) is 11.1. The number of aromatic nitrogens is 2. The van der Waals surface area contributed by atoms with E-state index < -0.39 is 10.0 Å². The van der Waals surface area contributed by atoms with Gasteiger partial charge in [-0.15, -0.1) is 21.5 Å². The maximum Gasteiger partial charge on any atom is 0.243 e. The molecule has 146 valence electrons. The third kappa shape index (κ3) is 4.44. The average molecular weight is 470 g/mol. The zero-order chi connectivity index (χ0) is 18.9. The van der Waals surface area contributed by atoms with Crippen LogP contribution in [0.3, 0.4) is 0 Å². The van der Waals surface area contributed by atoms with Crippen molar-refractivity contribution in [3.05, 3.63) is 38.8 Å². The van der Waals surface area contributed by atoms with Crippen molar-refractivity contribution in [2.45, 2.75) is 55.8 Å². The second-order valence-electron chi connectivity index (χ2n) is 7.52. The van der Waals surface area contributed by atoms with E-state index in [0.717, 1.165) is 39.7 Å². The van der Waals surface area contributed by atoms with E-state index >= 15 is 0 Å². The van der Waals surface area contributed by atoms with Crippen LogP contribution < -0.4 is 0 Å². The molecule has 2 aliphatic rings. The van der Waals surface area contributed by atoms with Gasteiger partial charge in [0.1, 0.15) is 10.0 Å². The summed E-state index contributed by atoms with van der Waals surface area (Å²) < 4.78 is 28.1. The molecule has 8 heteroatoms. The zero-order valence-electron chi connectivity index (χ0n) is 15.2. The fourth-order valence-electron chi connectivity index (χ4n) is 4.07. The summed E-state index contributed by atoms with van der Waals surface area (Å²) in [4.78, 5) is 0.360. The molecule has 0 unspecified atom stereocenters. The van der Waals surface area contributed by atoms with Gasteiger partial charge in [-0.2, -0.15) is 4.31 Å². The van der Waals surface area contributed by atoms with Crippen LogP contribution in [0.5, 0.6) is 0 Å². The van der Waals surface area contributed by atoms with Crippen LogP contribution in [0, 0.1) is 5.92 Å². The number of halogens is 1. The van der Waals surface area contributed by atoms with Crippen LogP contribution >= 0.6 is 27.3 Å². The Labute approximate surface area is 173 Å². The Balaban J connectivity index is 1.37. The molecule has 0 radical (unpaired) electrons. The second kappa shape index (κ2) is 8.27. The van der Waals surface area contributed by atoms with E-state index in [4.69, 9.17) is 0 Å². The maximum absolute atomic E-state index is 12.8. The summed E-state index contributed by atoms with van der Waals surface area (Å²) in [6.45, 7) is 1.08. The molecule has 0 amide bonds. The highest BCUT2D eigenvalue weighted by Gasteiger charge is 2.31. The third-order valence-corrected chi connectivity index (χ3v) is 9.22. The Hall–Kier alpha value is -0.830. The van der Waals surface area contributed by atoms with Gasteiger partial charge in [0.25, 0.3) is 0 Å². The Morgan fingerprint density at radius 1 is 1.04 bits per heavy atom. The fraction of sp³-hybridized carbons (Fsp3) is 0.579. The topological polar surface area (TPSA) is 63.2 Å². The molecule has 2 heterocycles. The van der Waals surface area contributed by atoms with Gasteiger partial charge in [-0.3, -0.25) is 0 Å². The first-order valence-corrected chi connectivity index (χ1v) is 12.7. The minimum Gasteiger partial charge on any atom is -0.207 e. The van der Waals surface area contributed by atoms with Gasteiger partial charge >= 0.3 is 0 Å². The molecule has 0 bridgehead atoms. The van der Waals surface area contributed by atoms with Gasteiger partial charge in [0, 0.05) is 29.9 Å². The minimum absolute atomic E-state index is 0.330. The van der Waals surface area contributed by atoms with Crippen LogP contribution in [0.25, 0.3) is 0 Å². The first kappa shape index (κ1) is 19.5. The fourth-order valence-corrected chi connectivity index (χ4v) is 6.93. The molecule has 0 spiro atoms. The predicted molar refractivity (Wildman–Crippen MR) is 110 cm³/mol. The number of rotatable bonds is 5. The summed E-state index contributed by atoms with van der Waals surface area (Å²) in [5.41, 5.74) is 0. The van der Waals surface area contributed by atoms with E-state index in [1.54, 1.807) is 39.9 Å². The summed E-state index contributed by atoms with van der Waals surface area (Å²) in [5.74, 6) is 1.11. The Morgan fingerprint density at radius 3 is 2.37 bits per heavy atom. The van der Waals surface area contributed by atoms with E-state index in [-0.39, 0.29) is 0 Å². The smallest absolute Gasteiger partial charge is 0.207 e. The quantitative estimate of drug-likeness (QED) is 0.641. The van der Waals surface area contributed by atoms with Crippen molar-refractivity contribution in [1.82, 2.24) is 14.5 Å². The summed E-state index contributed by atoms with van der Waals surface area (Å²) >= 11 is 5.09. The predicted octanol–water partition coefficient (Wildman–Crippen LogP) is 4.60. The third-order valence-electron chi connectivity index (χ3n) is 5.68. The van der Waals surface area contributed by atoms with Crippen LogP contribution in [-0.2, 0) is 16.4 Å². The lowest BCUT2D eigenvalue weighted by Crippen LogP contribution is -2.37. The number of hydrogen-bond donors (Lipinski definition) is 0. The molecular weight excluding hydrogens is 446 g/mol. The lowest BCUT2D eigenvalue weighted by atomic mass is 9.99. The Bertz CT molecular complexity index is 869. The molecule has 1 saturated heterocycles. The molecule has 27 heavy (non-hydrogen) atoms. The Kier molecular flexibility index (Phi) is 5.97. The molecule has 5 nitrogen and oxygen atoms in total. The van der Waals surface area contributed by atoms with Crippen molar-refractivity contribution in [2.75, 3.05) is 13.1 Å². The summed E-state index contributed by atoms with van der Waals surface area (Å²) in [6, 6.07) is 6.86. The van der Waals surface area contributed by atoms with Crippen molar-refractivity contribution >= 4 is 37.3 Å². The molecule has 1 aromatic carbocycles. The van der Waals surface area contributed by atoms with Gasteiger partial charge in [-0.1, -0.05) is 41.6 Å². The van der Waals surface area contributed by atoms with E-state index in [1.807, 2.05) is 0 Å². The monoisotopic (exact) mass is 469 g/mol. The van der Waals surface area contributed by atoms with Crippen molar-refractivity contribution < 1.29 is 8.42 Å². The largest absolute Gasteiger partial charge is 0.243 e. The highest BCUT2D eigenvalue weighted by Crippen LogP contribution is 2.34. The van der Waals surface area contributed by atoms with Gasteiger partial charge in [0.05, 0.1) is 4.90 Å². The van der Waals surface area contributed by atoms with Gasteiger partial charge in [0.15, 0.2) is 0 Å². The minimum atomic E-state index is -3.42. The standard InChI is InChI=1S/C19H24BrN3O2S2/c20-16-5-7-17(8-6-16)27(24,25)23-11-9-15(10-12-23)19-22-21-18(26-19)13-14-3-1-2-4-14/h5-8,14-15H,1-4,9-13H2. The van der Waals surface area contributed by atoms with Crippen LogP contribution in [0.15, 0.2) is 33.6 Å². The average Bonchev–Trinajstić information content (AvgIpc) is 3.35. The van der Waals surface area contributed by atoms with Gasteiger partial charge < -0.3 is 0 Å². The van der Waals surface area contributed by atoms with Gasteiger partial charge in [-0.25, -0.2) is 8.42 Å². The molecule has 0 atom stereocenters. The Morgan fingerprint density at radius 2 is 1.70 bits per heavy atom. The van der Waals surface area contributed by atoms with Crippen LogP contribution in [0.1, 0.15) is 54.5 Å².